The van der Waals surface area contributed by atoms with Gasteiger partial charge in [0.1, 0.15) is 0 Å². The number of thiophene rings is 1. The lowest BCUT2D eigenvalue weighted by Crippen LogP contribution is -1.99. The molecule has 4 nitrogen and oxygen atoms in total. The maximum absolute atomic E-state index is 11.2. The van der Waals surface area contributed by atoms with E-state index >= 15 is 0 Å². The fraction of sp³-hybridized carbons (Fsp3) is 0. The summed E-state index contributed by atoms with van der Waals surface area (Å²) in [6.45, 7) is 0. The Balaban J connectivity index is 2.45. The van der Waals surface area contributed by atoms with Crippen LogP contribution in [-0.2, 0) is 4.79 Å². The van der Waals surface area contributed by atoms with Gasteiger partial charge in [-0.25, -0.2) is 9.59 Å². The average molecular weight is 274 g/mol. The number of hydrogen-bond donors (Lipinski definition) is 2. The Morgan fingerprint density at radius 1 is 1.11 bits per heavy atom. The first-order valence-electron chi connectivity index (χ1n) is 5.40. The van der Waals surface area contributed by atoms with Crippen LogP contribution in [0.1, 0.15) is 20.8 Å². The minimum absolute atomic E-state index is 0.129. The average Bonchev–Trinajstić information content (AvgIpc) is 2.89. The van der Waals surface area contributed by atoms with Crippen molar-refractivity contribution in [3.8, 4) is 0 Å². The van der Waals surface area contributed by atoms with E-state index in [2.05, 4.69) is 0 Å². The summed E-state index contributed by atoms with van der Waals surface area (Å²) < 4.78 is 0. The van der Waals surface area contributed by atoms with Crippen molar-refractivity contribution in [3.05, 3.63) is 57.8 Å². The molecule has 1 aromatic heterocycles. The number of aliphatic carboxylic acids is 1. The third-order valence-corrected chi connectivity index (χ3v) is 3.36. The van der Waals surface area contributed by atoms with Crippen molar-refractivity contribution >= 4 is 34.9 Å². The molecule has 19 heavy (non-hydrogen) atoms. The van der Waals surface area contributed by atoms with Gasteiger partial charge in [-0.2, -0.15) is 0 Å². The summed E-state index contributed by atoms with van der Waals surface area (Å²) in [4.78, 5) is 22.7. The number of rotatable bonds is 4. The molecule has 0 fully saturated rings. The summed E-state index contributed by atoms with van der Waals surface area (Å²) in [5.41, 5.74) is 0.827. The zero-order chi connectivity index (χ0) is 13.8. The van der Waals surface area contributed by atoms with Crippen molar-refractivity contribution in [2.75, 3.05) is 0 Å². The van der Waals surface area contributed by atoms with Gasteiger partial charge in [-0.05, 0) is 35.2 Å². The molecule has 0 aliphatic carbocycles. The smallest absolute Gasteiger partial charge is 0.337 e. The van der Waals surface area contributed by atoms with E-state index in [4.69, 9.17) is 5.11 Å². The minimum atomic E-state index is -1.04. The monoisotopic (exact) mass is 274 g/mol. The van der Waals surface area contributed by atoms with Gasteiger partial charge in [-0.1, -0.05) is 18.2 Å². The zero-order valence-corrected chi connectivity index (χ0v) is 10.6. The summed E-state index contributed by atoms with van der Waals surface area (Å²) in [5, 5.41) is 19.9. The Morgan fingerprint density at radius 3 is 2.47 bits per heavy atom. The summed E-state index contributed by atoms with van der Waals surface area (Å²) in [6, 6.07) is 9.65. The highest BCUT2D eigenvalue weighted by Crippen LogP contribution is 2.23. The van der Waals surface area contributed by atoms with Gasteiger partial charge in [0.2, 0.25) is 0 Å². The lowest BCUT2D eigenvalue weighted by Gasteiger charge is -2.01. The van der Waals surface area contributed by atoms with Gasteiger partial charge in [-0.15, -0.1) is 11.3 Å². The molecule has 0 atom stereocenters. The van der Waals surface area contributed by atoms with Gasteiger partial charge >= 0.3 is 11.9 Å². The topological polar surface area (TPSA) is 74.6 Å². The molecule has 0 aliphatic heterocycles. The van der Waals surface area contributed by atoms with E-state index in [0.717, 1.165) is 0 Å². The van der Waals surface area contributed by atoms with Crippen molar-refractivity contribution in [2.45, 2.75) is 0 Å². The van der Waals surface area contributed by atoms with Gasteiger partial charge in [-0.3, -0.25) is 0 Å². The number of carbonyl (C=O) groups is 2. The molecule has 0 spiro atoms. The molecule has 0 radical (unpaired) electrons. The van der Waals surface area contributed by atoms with Crippen LogP contribution in [0.3, 0.4) is 0 Å². The third-order valence-electron chi connectivity index (χ3n) is 2.46. The molecular formula is C14H10O4S. The normalized spacial score (nSPS) is 11.3. The van der Waals surface area contributed by atoms with E-state index in [-0.39, 0.29) is 11.1 Å². The van der Waals surface area contributed by atoms with Gasteiger partial charge in [0.15, 0.2) is 0 Å². The van der Waals surface area contributed by atoms with Gasteiger partial charge < -0.3 is 10.2 Å². The first-order valence-corrected chi connectivity index (χ1v) is 6.28. The maximum Gasteiger partial charge on any atom is 0.337 e. The van der Waals surface area contributed by atoms with Crippen LogP contribution >= 0.6 is 11.3 Å². The summed E-state index contributed by atoms with van der Waals surface area (Å²) in [5.74, 6) is -2.08. The summed E-state index contributed by atoms with van der Waals surface area (Å²) in [7, 11) is 0. The van der Waals surface area contributed by atoms with Crippen LogP contribution in [-0.4, -0.2) is 22.2 Å². The highest BCUT2D eigenvalue weighted by Gasteiger charge is 2.12. The van der Waals surface area contributed by atoms with Crippen LogP contribution in [0.5, 0.6) is 0 Å². The fourth-order valence-corrected chi connectivity index (χ4v) is 2.33. The molecule has 0 bridgehead atoms. The molecule has 2 N–H and O–H groups in total. The Bertz CT molecular complexity index is 641. The second-order valence-corrected chi connectivity index (χ2v) is 4.72. The highest BCUT2D eigenvalue weighted by atomic mass is 32.1. The summed E-state index contributed by atoms with van der Waals surface area (Å²) in [6.07, 6.45) is 1.47. The molecule has 5 heteroatoms. The Labute approximate surface area is 113 Å². The molecule has 0 unspecified atom stereocenters. The van der Waals surface area contributed by atoms with Gasteiger partial charge in [0, 0.05) is 4.88 Å². The van der Waals surface area contributed by atoms with Crippen LogP contribution in [0.25, 0.3) is 11.6 Å². The quantitative estimate of drug-likeness (QED) is 0.840. The van der Waals surface area contributed by atoms with E-state index in [1.54, 1.807) is 29.6 Å². The van der Waals surface area contributed by atoms with Gasteiger partial charge in [0.05, 0.1) is 11.1 Å². The lowest BCUT2D eigenvalue weighted by molar-refractivity contribution is -0.130. The maximum atomic E-state index is 11.2. The molecule has 96 valence electrons. The number of benzene rings is 1. The Kier molecular flexibility index (Phi) is 3.77. The number of hydrogen-bond acceptors (Lipinski definition) is 3. The molecule has 0 amide bonds. The number of carboxylic acid groups (broad SMARTS) is 2. The van der Waals surface area contributed by atoms with E-state index in [1.807, 2.05) is 0 Å². The second kappa shape index (κ2) is 5.49. The van der Waals surface area contributed by atoms with Crippen LogP contribution in [0.4, 0.5) is 0 Å². The van der Waals surface area contributed by atoms with Crippen molar-refractivity contribution in [3.63, 3.8) is 0 Å². The molecule has 0 aliphatic rings. The molecule has 1 heterocycles. The molecule has 2 aromatic rings. The molecule has 1 aromatic carbocycles. The van der Waals surface area contributed by atoms with Crippen LogP contribution < -0.4 is 0 Å². The van der Waals surface area contributed by atoms with E-state index in [9.17, 15) is 14.7 Å². The lowest BCUT2D eigenvalue weighted by atomic mass is 10.1. The SMILES string of the molecule is O=C(O)/C(=C\c1cccc(C(=O)O)c1)c1cccs1. The predicted octanol–water partition coefficient (Wildman–Crippen LogP) is 3.07. The van der Waals surface area contributed by atoms with Crippen molar-refractivity contribution in [1.29, 1.82) is 0 Å². The Hall–Kier alpha value is -2.40. The van der Waals surface area contributed by atoms with Crippen molar-refractivity contribution in [2.24, 2.45) is 0 Å². The minimum Gasteiger partial charge on any atom is -0.478 e. The number of carboxylic acids is 2. The Morgan fingerprint density at radius 2 is 1.89 bits per heavy atom. The summed E-state index contributed by atoms with van der Waals surface area (Å²) >= 11 is 1.32. The molecule has 2 rings (SSSR count). The van der Waals surface area contributed by atoms with Crippen LogP contribution in [0.15, 0.2) is 41.8 Å². The highest BCUT2D eigenvalue weighted by molar-refractivity contribution is 7.11. The first kappa shape index (κ1) is 13.0. The van der Waals surface area contributed by atoms with Crippen LogP contribution in [0, 0.1) is 0 Å². The van der Waals surface area contributed by atoms with Gasteiger partial charge in [0.25, 0.3) is 0 Å². The number of aromatic carboxylic acids is 1. The fourth-order valence-electron chi connectivity index (χ4n) is 1.60. The second-order valence-electron chi connectivity index (χ2n) is 3.77. The molecule has 0 saturated carbocycles. The third kappa shape index (κ3) is 3.08. The van der Waals surface area contributed by atoms with E-state index in [0.29, 0.717) is 10.4 Å². The standard InChI is InChI=1S/C14H10O4S/c15-13(16)10-4-1-3-9(7-10)8-11(14(17)18)12-5-2-6-19-12/h1-8H,(H,15,16)(H,17,18)/b11-8-. The largest absolute Gasteiger partial charge is 0.478 e. The first-order chi connectivity index (χ1) is 9.08. The zero-order valence-electron chi connectivity index (χ0n) is 9.74. The van der Waals surface area contributed by atoms with Crippen molar-refractivity contribution in [1.82, 2.24) is 0 Å². The van der Waals surface area contributed by atoms with Crippen LogP contribution in [0.2, 0.25) is 0 Å². The van der Waals surface area contributed by atoms with E-state index in [1.165, 1.54) is 29.5 Å². The van der Waals surface area contributed by atoms with E-state index < -0.39 is 11.9 Å². The predicted molar refractivity (Wildman–Crippen MR) is 73.2 cm³/mol. The molecular weight excluding hydrogens is 264 g/mol. The van der Waals surface area contributed by atoms with Crippen molar-refractivity contribution < 1.29 is 19.8 Å². The molecule has 0 saturated heterocycles.